The SMILES string of the molecule is CN1CCCC(S(=O)(=O)CC#N)C1. The summed E-state index contributed by atoms with van der Waals surface area (Å²) in [6.45, 7) is 1.53. The zero-order valence-electron chi connectivity index (χ0n) is 7.73. The normalized spacial score (nSPS) is 25.4. The van der Waals surface area contributed by atoms with Gasteiger partial charge in [-0.15, -0.1) is 0 Å². The molecule has 5 heteroatoms. The van der Waals surface area contributed by atoms with Gasteiger partial charge in [-0.25, -0.2) is 8.42 Å². The number of hydrogen-bond acceptors (Lipinski definition) is 4. The molecule has 0 aromatic carbocycles. The zero-order valence-corrected chi connectivity index (χ0v) is 8.55. The van der Waals surface area contributed by atoms with Gasteiger partial charge in [-0.2, -0.15) is 5.26 Å². The first-order valence-corrected chi connectivity index (χ1v) is 6.05. The van der Waals surface area contributed by atoms with Gasteiger partial charge in [-0.05, 0) is 26.4 Å². The van der Waals surface area contributed by atoms with Crippen LogP contribution in [0.5, 0.6) is 0 Å². The number of likely N-dealkylation sites (tertiary alicyclic amines) is 1. The highest BCUT2D eigenvalue weighted by molar-refractivity contribution is 7.92. The Morgan fingerprint density at radius 1 is 1.62 bits per heavy atom. The van der Waals surface area contributed by atoms with Crippen LogP contribution in [0.3, 0.4) is 0 Å². The Morgan fingerprint density at radius 2 is 2.31 bits per heavy atom. The molecule has 0 spiro atoms. The third kappa shape index (κ3) is 2.68. The zero-order chi connectivity index (χ0) is 9.90. The van der Waals surface area contributed by atoms with E-state index in [0.29, 0.717) is 13.0 Å². The second-order valence-corrected chi connectivity index (χ2v) is 5.77. The van der Waals surface area contributed by atoms with Crippen molar-refractivity contribution in [2.75, 3.05) is 25.9 Å². The molecule has 1 atom stereocenters. The van der Waals surface area contributed by atoms with Crippen LogP contribution in [-0.2, 0) is 9.84 Å². The molecule has 0 bridgehead atoms. The van der Waals surface area contributed by atoms with Gasteiger partial charge in [0, 0.05) is 6.54 Å². The fourth-order valence-corrected chi connectivity index (χ4v) is 3.04. The van der Waals surface area contributed by atoms with Crippen molar-refractivity contribution in [1.29, 1.82) is 5.26 Å². The van der Waals surface area contributed by atoms with Crippen molar-refractivity contribution >= 4 is 9.84 Å². The molecule has 0 radical (unpaired) electrons. The van der Waals surface area contributed by atoms with E-state index in [0.717, 1.165) is 13.0 Å². The molecule has 1 fully saturated rings. The predicted octanol–water partition coefficient (Wildman–Crippen LogP) is 0.0190. The number of nitrogens with zero attached hydrogens (tertiary/aromatic N) is 2. The summed E-state index contributed by atoms with van der Waals surface area (Å²) in [5, 5.41) is 8.03. The fourth-order valence-electron chi connectivity index (χ4n) is 1.62. The monoisotopic (exact) mass is 202 g/mol. The van der Waals surface area contributed by atoms with Gasteiger partial charge in [0.15, 0.2) is 9.84 Å². The average Bonchev–Trinajstić information content (AvgIpc) is 2.04. The molecular weight excluding hydrogens is 188 g/mol. The van der Waals surface area contributed by atoms with E-state index in [-0.39, 0.29) is 11.0 Å². The Balaban J connectivity index is 2.66. The number of piperidine rings is 1. The second kappa shape index (κ2) is 4.07. The molecule has 0 aliphatic carbocycles. The summed E-state index contributed by atoms with van der Waals surface area (Å²) in [6.07, 6.45) is 1.61. The van der Waals surface area contributed by atoms with E-state index in [4.69, 9.17) is 5.26 Å². The Kier molecular flexibility index (Phi) is 3.28. The molecule has 0 N–H and O–H groups in total. The van der Waals surface area contributed by atoms with Crippen molar-refractivity contribution in [3.8, 4) is 6.07 Å². The molecule has 4 nitrogen and oxygen atoms in total. The van der Waals surface area contributed by atoms with E-state index in [1.165, 1.54) is 0 Å². The van der Waals surface area contributed by atoms with Gasteiger partial charge in [0.1, 0.15) is 5.75 Å². The summed E-state index contributed by atoms with van der Waals surface area (Å²) < 4.78 is 23.0. The van der Waals surface area contributed by atoms with E-state index >= 15 is 0 Å². The van der Waals surface area contributed by atoms with Crippen molar-refractivity contribution < 1.29 is 8.42 Å². The van der Waals surface area contributed by atoms with E-state index in [1.807, 2.05) is 11.9 Å². The van der Waals surface area contributed by atoms with Crippen LogP contribution in [0.1, 0.15) is 12.8 Å². The highest BCUT2D eigenvalue weighted by Crippen LogP contribution is 2.16. The summed E-state index contributed by atoms with van der Waals surface area (Å²) in [5.74, 6) is -0.342. The molecular formula is C8H14N2O2S. The molecule has 0 saturated carbocycles. The van der Waals surface area contributed by atoms with E-state index in [1.54, 1.807) is 6.07 Å². The first-order valence-electron chi connectivity index (χ1n) is 4.33. The lowest BCUT2D eigenvalue weighted by Gasteiger charge is -2.28. The van der Waals surface area contributed by atoms with E-state index < -0.39 is 9.84 Å². The van der Waals surface area contributed by atoms with E-state index in [2.05, 4.69) is 0 Å². The van der Waals surface area contributed by atoms with Gasteiger partial charge >= 0.3 is 0 Å². The lowest BCUT2D eigenvalue weighted by molar-refractivity contribution is 0.278. The van der Waals surface area contributed by atoms with Crippen molar-refractivity contribution in [1.82, 2.24) is 4.90 Å². The number of hydrogen-bond donors (Lipinski definition) is 0. The van der Waals surface area contributed by atoms with Crippen molar-refractivity contribution in [3.63, 3.8) is 0 Å². The smallest absolute Gasteiger partial charge is 0.167 e. The quantitative estimate of drug-likeness (QED) is 0.633. The first kappa shape index (κ1) is 10.5. The lowest BCUT2D eigenvalue weighted by Crippen LogP contribution is -2.40. The first-order chi connectivity index (χ1) is 6.06. The van der Waals surface area contributed by atoms with Gasteiger partial charge in [0.05, 0.1) is 11.3 Å². The molecule has 13 heavy (non-hydrogen) atoms. The van der Waals surface area contributed by atoms with Crippen LogP contribution in [0.4, 0.5) is 0 Å². The molecule has 1 aliphatic heterocycles. The second-order valence-electron chi connectivity index (χ2n) is 3.49. The Labute approximate surface area is 79.1 Å². The highest BCUT2D eigenvalue weighted by Gasteiger charge is 2.28. The van der Waals surface area contributed by atoms with Crippen LogP contribution in [0.15, 0.2) is 0 Å². The maximum Gasteiger partial charge on any atom is 0.167 e. The summed E-state index contributed by atoms with van der Waals surface area (Å²) >= 11 is 0. The number of rotatable bonds is 2. The summed E-state index contributed by atoms with van der Waals surface area (Å²) in [4.78, 5) is 2.00. The van der Waals surface area contributed by atoms with Gasteiger partial charge < -0.3 is 4.90 Å². The molecule has 1 aliphatic rings. The fraction of sp³-hybridized carbons (Fsp3) is 0.875. The van der Waals surface area contributed by atoms with Crippen molar-refractivity contribution in [3.05, 3.63) is 0 Å². The van der Waals surface area contributed by atoms with Crippen LogP contribution < -0.4 is 0 Å². The molecule has 1 heterocycles. The maximum absolute atomic E-state index is 11.5. The lowest BCUT2D eigenvalue weighted by atomic mass is 10.1. The molecule has 0 amide bonds. The largest absolute Gasteiger partial charge is 0.305 e. The minimum absolute atomic E-state index is 0.328. The standard InChI is InChI=1S/C8H14N2O2S/c1-10-5-2-3-8(7-10)13(11,12)6-4-9/h8H,2-3,5-7H2,1H3. The maximum atomic E-state index is 11.5. The topological polar surface area (TPSA) is 61.2 Å². The predicted molar refractivity (Wildman–Crippen MR) is 49.9 cm³/mol. The van der Waals surface area contributed by atoms with Gasteiger partial charge in [-0.3, -0.25) is 0 Å². The minimum atomic E-state index is -3.17. The highest BCUT2D eigenvalue weighted by atomic mass is 32.2. The number of nitriles is 1. The molecule has 0 aromatic heterocycles. The van der Waals surface area contributed by atoms with Gasteiger partial charge in [-0.1, -0.05) is 0 Å². The molecule has 1 rings (SSSR count). The van der Waals surface area contributed by atoms with Crippen molar-refractivity contribution in [2.45, 2.75) is 18.1 Å². The minimum Gasteiger partial charge on any atom is -0.305 e. The summed E-state index contributed by atoms with van der Waals surface area (Å²) in [6, 6.07) is 1.71. The third-order valence-corrected chi connectivity index (χ3v) is 4.29. The Morgan fingerprint density at radius 3 is 2.85 bits per heavy atom. The molecule has 0 aromatic rings. The molecule has 1 unspecified atom stereocenters. The third-order valence-electron chi connectivity index (χ3n) is 2.35. The van der Waals surface area contributed by atoms with Crippen LogP contribution in [0.25, 0.3) is 0 Å². The number of sulfone groups is 1. The van der Waals surface area contributed by atoms with Gasteiger partial charge in [0.25, 0.3) is 0 Å². The molecule has 74 valence electrons. The van der Waals surface area contributed by atoms with Crippen LogP contribution in [-0.4, -0.2) is 44.5 Å². The van der Waals surface area contributed by atoms with Crippen LogP contribution in [0, 0.1) is 11.3 Å². The molecule has 1 saturated heterocycles. The van der Waals surface area contributed by atoms with Gasteiger partial charge in [0.2, 0.25) is 0 Å². The summed E-state index contributed by atoms with van der Waals surface area (Å²) in [7, 11) is -1.26. The van der Waals surface area contributed by atoms with Crippen LogP contribution >= 0.6 is 0 Å². The Hall–Kier alpha value is -0.600. The average molecular weight is 202 g/mol. The van der Waals surface area contributed by atoms with Crippen molar-refractivity contribution in [2.24, 2.45) is 0 Å². The summed E-state index contributed by atoms with van der Waals surface area (Å²) in [5.41, 5.74) is 0. The van der Waals surface area contributed by atoms with E-state index in [9.17, 15) is 8.42 Å². The van der Waals surface area contributed by atoms with Crippen LogP contribution in [0.2, 0.25) is 0 Å². The Bertz CT molecular complexity index is 305.